The Morgan fingerprint density at radius 2 is 1.65 bits per heavy atom. The molecule has 1 saturated heterocycles. The largest absolute Gasteiger partial charge is 0.481 e. The Hall–Kier alpha value is -1.49. The third-order valence-electron chi connectivity index (χ3n) is 4.73. The molecule has 1 aromatic rings. The number of carbonyl (C=O) groups is 1. The third-order valence-corrected chi connectivity index (χ3v) is 4.73. The molecule has 20 heavy (non-hydrogen) atoms. The zero-order valence-corrected chi connectivity index (χ0v) is 11.0. The number of aliphatic carboxylic acids is 1. The molecular formula is C15H16F2O3. The fourth-order valence-corrected chi connectivity index (χ4v) is 3.70. The fraction of sp³-hybridized carbons (Fsp3) is 0.533. The second kappa shape index (κ2) is 4.52. The summed E-state index contributed by atoms with van der Waals surface area (Å²) in [7, 11) is 0. The van der Waals surface area contributed by atoms with Gasteiger partial charge in [-0.25, -0.2) is 8.78 Å². The van der Waals surface area contributed by atoms with Gasteiger partial charge in [0.25, 0.3) is 0 Å². The summed E-state index contributed by atoms with van der Waals surface area (Å²) in [4.78, 5) is 11.7. The van der Waals surface area contributed by atoms with Crippen LogP contribution in [0.15, 0.2) is 18.2 Å². The predicted octanol–water partition coefficient (Wildman–Crippen LogP) is 2.88. The second-order valence-corrected chi connectivity index (χ2v) is 6.01. The van der Waals surface area contributed by atoms with Gasteiger partial charge in [-0.3, -0.25) is 4.79 Å². The van der Waals surface area contributed by atoms with Gasteiger partial charge in [0.2, 0.25) is 0 Å². The number of carboxylic acids is 1. The molecule has 0 amide bonds. The van der Waals surface area contributed by atoms with E-state index in [9.17, 15) is 18.7 Å². The highest BCUT2D eigenvalue weighted by Crippen LogP contribution is 2.60. The van der Waals surface area contributed by atoms with Gasteiger partial charge in [0.15, 0.2) is 0 Å². The van der Waals surface area contributed by atoms with Gasteiger partial charge in [0, 0.05) is 19.3 Å². The molecule has 5 heteroatoms. The summed E-state index contributed by atoms with van der Waals surface area (Å²) in [6.07, 6.45) is 2.50. The molecule has 0 aromatic heterocycles. The zero-order chi connectivity index (χ0) is 14.4. The second-order valence-electron chi connectivity index (χ2n) is 6.01. The van der Waals surface area contributed by atoms with Crippen LogP contribution in [-0.2, 0) is 14.9 Å². The zero-order valence-electron chi connectivity index (χ0n) is 11.0. The summed E-state index contributed by atoms with van der Waals surface area (Å²) >= 11 is 0. The van der Waals surface area contributed by atoms with Gasteiger partial charge in [-0.15, -0.1) is 0 Å². The number of carboxylic acid groups (broad SMARTS) is 1. The molecule has 108 valence electrons. The van der Waals surface area contributed by atoms with Crippen LogP contribution < -0.4 is 0 Å². The Balaban J connectivity index is 1.93. The minimum absolute atomic E-state index is 0.0422. The molecule has 1 aliphatic carbocycles. The molecule has 1 saturated carbocycles. The van der Waals surface area contributed by atoms with Crippen molar-refractivity contribution in [3.8, 4) is 0 Å². The number of rotatable bonds is 2. The lowest BCUT2D eigenvalue weighted by atomic mass is 9.48. The van der Waals surface area contributed by atoms with Gasteiger partial charge in [-0.05, 0) is 48.8 Å². The number of halogens is 2. The molecule has 1 aliphatic heterocycles. The molecule has 1 aromatic carbocycles. The smallest absolute Gasteiger partial charge is 0.314 e. The molecule has 0 bridgehead atoms. The molecule has 0 atom stereocenters. The van der Waals surface area contributed by atoms with Crippen LogP contribution in [0.3, 0.4) is 0 Å². The van der Waals surface area contributed by atoms with Crippen LogP contribution in [0.1, 0.15) is 31.2 Å². The summed E-state index contributed by atoms with van der Waals surface area (Å²) in [5.74, 6) is -2.46. The monoisotopic (exact) mass is 282 g/mol. The average Bonchev–Trinajstić information content (AvgIpc) is 2.35. The maximum atomic E-state index is 13.4. The highest BCUT2D eigenvalue weighted by Gasteiger charge is 2.60. The van der Waals surface area contributed by atoms with E-state index in [2.05, 4.69) is 0 Å². The topological polar surface area (TPSA) is 46.5 Å². The first-order valence-electron chi connectivity index (χ1n) is 6.74. The van der Waals surface area contributed by atoms with Crippen molar-refractivity contribution in [1.82, 2.24) is 0 Å². The van der Waals surface area contributed by atoms with Crippen molar-refractivity contribution in [1.29, 1.82) is 0 Å². The lowest BCUT2D eigenvalue weighted by Crippen LogP contribution is -2.56. The number of ether oxygens (including phenoxy) is 1. The van der Waals surface area contributed by atoms with Crippen LogP contribution in [0.25, 0.3) is 0 Å². The van der Waals surface area contributed by atoms with Crippen molar-refractivity contribution in [2.45, 2.75) is 31.1 Å². The van der Waals surface area contributed by atoms with Crippen molar-refractivity contribution >= 4 is 5.97 Å². The van der Waals surface area contributed by atoms with E-state index in [0.717, 1.165) is 31.0 Å². The molecule has 3 nitrogen and oxygen atoms in total. The van der Waals surface area contributed by atoms with Gasteiger partial charge in [0.05, 0.1) is 5.41 Å². The number of benzene rings is 1. The predicted molar refractivity (Wildman–Crippen MR) is 67.4 cm³/mol. The molecule has 1 spiro atoms. The molecular weight excluding hydrogens is 266 g/mol. The van der Waals surface area contributed by atoms with Gasteiger partial charge in [0.1, 0.15) is 11.6 Å². The summed E-state index contributed by atoms with van der Waals surface area (Å²) < 4.78 is 32.0. The maximum absolute atomic E-state index is 13.4. The average molecular weight is 282 g/mol. The Kier molecular flexibility index (Phi) is 3.05. The van der Waals surface area contributed by atoms with Crippen LogP contribution in [-0.4, -0.2) is 24.3 Å². The van der Waals surface area contributed by atoms with E-state index < -0.39 is 23.0 Å². The molecule has 0 unspecified atom stereocenters. The van der Waals surface area contributed by atoms with Crippen molar-refractivity contribution in [3.05, 3.63) is 35.4 Å². The molecule has 3 rings (SSSR count). The summed E-state index contributed by atoms with van der Waals surface area (Å²) in [6, 6.07) is 3.05. The number of hydrogen-bond acceptors (Lipinski definition) is 2. The highest BCUT2D eigenvalue weighted by molar-refractivity contribution is 5.83. The third kappa shape index (κ3) is 2.00. The lowest BCUT2D eigenvalue weighted by Gasteiger charge is -2.56. The first-order valence-corrected chi connectivity index (χ1v) is 6.74. The number of hydrogen-bond donors (Lipinski definition) is 1. The minimum Gasteiger partial charge on any atom is -0.481 e. The van der Waals surface area contributed by atoms with Crippen molar-refractivity contribution in [2.75, 3.05) is 13.2 Å². The molecule has 2 fully saturated rings. The Labute approximate surface area is 115 Å². The SMILES string of the molecule is O=C(O)C1(c2cc(F)cc(F)c2)CC2(CCOCC2)C1. The van der Waals surface area contributed by atoms with E-state index in [-0.39, 0.29) is 11.0 Å². The van der Waals surface area contributed by atoms with E-state index in [1.165, 1.54) is 0 Å². The van der Waals surface area contributed by atoms with E-state index in [4.69, 9.17) is 4.74 Å². The molecule has 1 heterocycles. The van der Waals surface area contributed by atoms with Gasteiger partial charge in [-0.2, -0.15) is 0 Å². The Morgan fingerprint density at radius 3 is 2.15 bits per heavy atom. The van der Waals surface area contributed by atoms with Gasteiger partial charge >= 0.3 is 5.97 Å². The minimum atomic E-state index is -1.15. The van der Waals surface area contributed by atoms with E-state index in [1.54, 1.807) is 0 Å². The maximum Gasteiger partial charge on any atom is 0.314 e. The standard InChI is InChI=1S/C15H16F2O3/c16-11-5-10(6-12(17)7-11)15(13(18)19)8-14(9-15)1-3-20-4-2-14/h5-7H,1-4,8-9H2,(H,18,19). The highest BCUT2D eigenvalue weighted by atomic mass is 19.1. The van der Waals surface area contributed by atoms with Crippen LogP contribution in [0, 0.1) is 17.0 Å². The summed E-state index contributed by atoms with van der Waals surface area (Å²) in [5.41, 5.74) is -0.959. The van der Waals surface area contributed by atoms with E-state index in [0.29, 0.717) is 26.1 Å². The Morgan fingerprint density at radius 1 is 1.10 bits per heavy atom. The quantitative estimate of drug-likeness (QED) is 0.907. The van der Waals surface area contributed by atoms with Crippen LogP contribution >= 0.6 is 0 Å². The first kappa shape index (κ1) is 13.5. The normalized spacial score (nSPS) is 23.3. The van der Waals surface area contributed by atoms with Crippen LogP contribution in [0.2, 0.25) is 0 Å². The lowest BCUT2D eigenvalue weighted by molar-refractivity contribution is -0.160. The van der Waals surface area contributed by atoms with Crippen molar-refractivity contribution in [2.24, 2.45) is 5.41 Å². The Bertz CT molecular complexity index is 522. The van der Waals surface area contributed by atoms with Gasteiger partial charge < -0.3 is 9.84 Å². The summed E-state index contributed by atoms with van der Waals surface area (Å²) in [5, 5.41) is 9.56. The van der Waals surface area contributed by atoms with Crippen LogP contribution in [0.4, 0.5) is 8.78 Å². The molecule has 0 radical (unpaired) electrons. The first-order chi connectivity index (χ1) is 9.46. The molecule has 1 N–H and O–H groups in total. The fourth-order valence-electron chi connectivity index (χ4n) is 3.70. The van der Waals surface area contributed by atoms with E-state index in [1.807, 2.05) is 0 Å². The van der Waals surface area contributed by atoms with Crippen LogP contribution in [0.5, 0.6) is 0 Å². The van der Waals surface area contributed by atoms with Gasteiger partial charge in [-0.1, -0.05) is 0 Å². The van der Waals surface area contributed by atoms with Crippen molar-refractivity contribution < 1.29 is 23.4 Å². The summed E-state index contributed by atoms with van der Waals surface area (Å²) in [6.45, 7) is 1.26. The van der Waals surface area contributed by atoms with E-state index >= 15 is 0 Å². The van der Waals surface area contributed by atoms with Crippen molar-refractivity contribution in [3.63, 3.8) is 0 Å². The molecule has 2 aliphatic rings.